The van der Waals surface area contributed by atoms with Gasteiger partial charge in [-0.05, 0) is 30.7 Å². The lowest BCUT2D eigenvalue weighted by molar-refractivity contribution is 0.0527. The number of esters is 1. The van der Waals surface area contributed by atoms with Crippen LogP contribution in [0.15, 0.2) is 48.8 Å². The number of anilines is 2. The monoisotopic (exact) mass is 350 g/mol. The molecule has 0 aliphatic carbocycles. The van der Waals surface area contributed by atoms with Crippen LogP contribution in [-0.4, -0.2) is 36.6 Å². The maximum Gasteiger partial charge on any atom is 0.341 e. The third kappa shape index (κ3) is 3.74. The summed E-state index contributed by atoms with van der Waals surface area (Å²) in [5, 5.41) is 4.28. The number of nitrogens with one attached hydrogen (secondary N) is 1. The van der Waals surface area contributed by atoms with Crippen LogP contribution in [0.4, 0.5) is 11.5 Å². The van der Waals surface area contributed by atoms with E-state index in [9.17, 15) is 4.79 Å². The molecule has 0 saturated heterocycles. The minimum atomic E-state index is -0.378. The molecule has 0 fully saturated rings. The van der Waals surface area contributed by atoms with Crippen LogP contribution in [0.1, 0.15) is 22.8 Å². The molecule has 0 radical (unpaired) electrons. The molecule has 26 heavy (non-hydrogen) atoms. The van der Waals surface area contributed by atoms with Gasteiger partial charge in [0.25, 0.3) is 0 Å². The van der Waals surface area contributed by atoms with Gasteiger partial charge in [0.2, 0.25) is 0 Å². The van der Waals surface area contributed by atoms with Crippen molar-refractivity contribution in [3.05, 3.63) is 59.9 Å². The zero-order valence-corrected chi connectivity index (χ0v) is 15.2. The molecule has 1 N–H and O–H groups in total. The average molecular weight is 350 g/mol. The minimum Gasteiger partial charge on any atom is -0.462 e. The van der Waals surface area contributed by atoms with Crippen molar-refractivity contribution in [2.75, 3.05) is 30.9 Å². The predicted molar refractivity (Wildman–Crippen MR) is 104 cm³/mol. The summed E-state index contributed by atoms with van der Waals surface area (Å²) >= 11 is 0. The fourth-order valence-corrected chi connectivity index (χ4v) is 2.70. The highest BCUT2D eigenvalue weighted by Gasteiger charge is 2.16. The largest absolute Gasteiger partial charge is 0.462 e. The van der Waals surface area contributed by atoms with Crippen molar-refractivity contribution in [1.29, 1.82) is 0 Å². The smallest absolute Gasteiger partial charge is 0.341 e. The molecule has 6 nitrogen and oxygen atoms in total. The van der Waals surface area contributed by atoms with E-state index in [0.717, 1.165) is 28.0 Å². The van der Waals surface area contributed by atoms with Crippen LogP contribution >= 0.6 is 0 Å². The molecule has 6 heteroatoms. The summed E-state index contributed by atoms with van der Waals surface area (Å²) in [5.74, 6) is 0.506. The summed E-state index contributed by atoms with van der Waals surface area (Å²) in [5.41, 5.74) is 3.07. The number of ether oxygens (including phenoxy) is 1. The highest BCUT2D eigenvalue weighted by Crippen LogP contribution is 2.27. The third-order valence-electron chi connectivity index (χ3n) is 4.01. The van der Waals surface area contributed by atoms with Crippen molar-refractivity contribution in [2.24, 2.45) is 0 Å². The van der Waals surface area contributed by atoms with Crippen LogP contribution in [-0.2, 0) is 11.3 Å². The second-order valence-corrected chi connectivity index (χ2v) is 6.05. The number of rotatable bonds is 6. The lowest BCUT2D eigenvalue weighted by Crippen LogP contribution is -2.13. The van der Waals surface area contributed by atoms with Crippen molar-refractivity contribution >= 4 is 28.4 Å². The van der Waals surface area contributed by atoms with E-state index in [0.29, 0.717) is 18.7 Å². The Morgan fingerprint density at radius 1 is 1.19 bits per heavy atom. The Kier molecular flexibility index (Phi) is 5.31. The molecule has 3 rings (SSSR count). The summed E-state index contributed by atoms with van der Waals surface area (Å²) in [6.45, 7) is 2.67. The second-order valence-electron chi connectivity index (χ2n) is 6.05. The van der Waals surface area contributed by atoms with Crippen LogP contribution in [0, 0.1) is 0 Å². The zero-order valence-electron chi connectivity index (χ0n) is 15.2. The first-order valence-electron chi connectivity index (χ1n) is 8.51. The molecule has 1 aromatic carbocycles. The van der Waals surface area contributed by atoms with Gasteiger partial charge in [-0.2, -0.15) is 0 Å². The minimum absolute atomic E-state index is 0.321. The molecule has 0 aliphatic heterocycles. The number of para-hydroxylation sites is 1. The molecule has 0 saturated carbocycles. The van der Waals surface area contributed by atoms with Crippen LogP contribution < -0.4 is 10.2 Å². The Balaban J connectivity index is 1.96. The molecule has 0 amide bonds. The van der Waals surface area contributed by atoms with Crippen LogP contribution in [0.5, 0.6) is 0 Å². The Labute approximate surface area is 152 Å². The van der Waals surface area contributed by atoms with Gasteiger partial charge in [-0.1, -0.05) is 18.2 Å². The highest BCUT2D eigenvalue weighted by atomic mass is 16.5. The van der Waals surface area contributed by atoms with E-state index in [1.807, 2.05) is 55.4 Å². The fraction of sp³-hybridized carbons (Fsp3) is 0.250. The van der Waals surface area contributed by atoms with E-state index < -0.39 is 0 Å². The Morgan fingerprint density at radius 3 is 2.77 bits per heavy atom. The predicted octanol–water partition coefficient (Wildman–Crippen LogP) is 3.48. The van der Waals surface area contributed by atoms with E-state index in [1.54, 1.807) is 19.3 Å². The third-order valence-corrected chi connectivity index (χ3v) is 4.01. The van der Waals surface area contributed by atoms with E-state index in [4.69, 9.17) is 4.74 Å². The number of carbonyl (C=O) groups excluding carboxylic acids is 1. The first kappa shape index (κ1) is 17.7. The standard InChI is InChI=1S/C20H22N4O2/c1-4-26-20(25)16-13-22-17-8-6-5-7-15(17)19(16)23-12-14-9-10-21-18(11-14)24(2)3/h5-11,13H,4,12H2,1-3H3,(H,22,23). The van der Waals surface area contributed by atoms with Crippen LogP contribution in [0.25, 0.3) is 10.9 Å². The molecule has 3 aromatic rings. The lowest BCUT2D eigenvalue weighted by Gasteiger charge is -2.15. The van der Waals surface area contributed by atoms with Gasteiger partial charge < -0.3 is 15.0 Å². The SMILES string of the molecule is CCOC(=O)c1cnc2ccccc2c1NCc1ccnc(N(C)C)c1. The molecule has 0 spiro atoms. The quantitative estimate of drug-likeness (QED) is 0.687. The highest BCUT2D eigenvalue weighted by molar-refractivity contribution is 6.04. The summed E-state index contributed by atoms with van der Waals surface area (Å²) in [4.78, 5) is 23.0. The summed E-state index contributed by atoms with van der Waals surface area (Å²) in [6.07, 6.45) is 3.35. The zero-order chi connectivity index (χ0) is 18.5. The molecular weight excluding hydrogens is 328 g/mol. The molecule has 134 valence electrons. The molecule has 0 aliphatic rings. The van der Waals surface area contributed by atoms with Gasteiger partial charge in [0, 0.05) is 38.4 Å². The van der Waals surface area contributed by atoms with E-state index in [-0.39, 0.29) is 5.97 Å². The fourth-order valence-electron chi connectivity index (χ4n) is 2.70. The topological polar surface area (TPSA) is 67.3 Å². The van der Waals surface area contributed by atoms with Crippen molar-refractivity contribution < 1.29 is 9.53 Å². The van der Waals surface area contributed by atoms with E-state index >= 15 is 0 Å². The molecule has 0 bridgehead atoms. The number of benzene rings is 1. The molecule has 2 heterocycles. The van der Waals surface area contributed by atoms with Crippen molar-refractivity contribution in [3.63, 3.8) is 0 Å². The van der Waals surface area contributed by atoms with Gasteiger partial charge in [0.15, 0.2) is 0 Å². The Morgan fingerprint density at radius 2 is 2.00 bits per heavy atom. The van der Waals surface area contributed by atoms with Gasteiger partial charge in [0.05, 0.1) is 17.8 Å². The number of carbonyl (C=O) groups is 1. The van der Waals surface area contributed by atoms with Crippen LogP contribution in [0.2, 0.25) is 0 Å². The van der Waals surface area contributed by atoms with Crippen molar-refractivity contribution in [1.82, 2.24) is 9.97 Å². The molecule has 0 unspecified atom stereocenters. The normalized spacial score (nSPS) is 10.6. The first-order chi connectivity index (χ1) is 12.6. The number of nitrogens with zero attached hydrogens (tertiary/aromatic N) is 3. The number of fused-ring (bicyclic) bond motifs is 1. The van der Waals surface area contributed by atoms with Crippen LogP contribution in [0.3, 0.4) is 0 Å². The molecular formula is C20H22N4O2. The molecule has 2 aromatic heterocycles. The summed E-state index contributed by atoms with van der Waals surface area (Å²) < 4.78 is 5.18. The van der Waals surface area contributed by atoms with Gasteiger partial charge in [0.1, 0.15) is 11.4 Å². The Hall–Kier alpha value is -3.15. The Bertz CT molecular complexity index is 925. The van der Waals surface area contributed by atoms with Crippen molar-refractivity contribution in [2.45, 2.75) is 13.5 Å². The van der Waals surface area contributed by atoms with E-state index in [2.05, 4.69) is 15.3 Å². The van der Waals surface area contributed by atoms with E-state index in [1.165, 1.54) is 0 Å². The second kappa shape index (κ2) is 7.82. The van der Waals surface area contributed by atoms with Gasteiger partial charge in [-0.15, -0.1) is 0 Å². The van der Waals surface area contributed by atoms with Crippen molar-refractivity contribution in [3.8, 4) is 0 Å². The van der Waals surface area contributed by atoms with Gasteiger partial charge in [-0.3, -0.25) is 4.98 Å². The summed E-state index contributed by atoms with van der Waals surface area (Å²) in [7, 11) is 3.91. The lowest BCUT2D eigenvalue weighted by atomic mass is 10.1. The average Bonchev–Trinajstić information content (AvgIpc) is 2.66. The van der Waals surface area contributed by atoms with Gasteiger partial charge in [-0.25, -0.2) is 9.78 Å². The maximum atomic E-state index is 12.3. The molecule has 0 atom stereocenters. The number of pyridine rings is 2. The number of hydrogen-bond donors (Lipinski definition) is 1. The number of aromatic nitrogens is 2. The maximum absolute atomic E-state index is 12.3. The van der Waals surface area contributed by atoms with Gasteiger partial charge >= 0.3 is 5.97 Å². The summed E-state index contributed by atoms with van der Waals surface area (Å²) in [6, 6.07) is 11.7. The first-order valence-corrected chi connectivity index (χ1v) is 8.51. The number of hydrogen-bond acceptors (Lipinski definition) is 6.